The summed E-state index contributed by atoms with van der Waals surface area (Å²) in [5.74, 6) is 1.53. The minimum atomic E-state index is -3.64. The molecule has 1 aliphatic carbocycles. The molecule has 2 aromatic heterocycles. The monoisotopic (exact) mass is 381 g/mol. The zero-order valence-electron chi connectivity index (χ0n) is 15.2. The van der Waals surface area contributed by atoms with E-state index >= 15 is 0 Å². The maximum absolute atomic E-state index is 12.9. The molecule has 2 aromatic rings. The molecule has 0 aromatic carbocycles. The molecular weight excluding hydrogens is 358 g/mol. The van der Waals surface area contributed by atoms with Crippen LogP contribution in [0.25, 0.3) is 0 Å². The summed E-state index contributed by atoms with van der Waals surface area (Å²) in [4.78, 5) is 12.6. The number of nitrogens with zero attached hydrogens (tertiary/aromatic N) is 5. The molecule has 0 radical (unpaired) electrons. The van der Waals surface area contributed by atoms with Gasteiger partial charge in [0.05, 0.1) is 0 Å². The summed E-state index contributed by atoms with van der Waals surface area (Å²) in [6, 6.07) is -0.0112. The largest absolute Gasteiger partial charge is 0.360 e. The first-order chi connectivity index (χ1) is 12.3. The fraction of sp³-hybridized carbons (Fsp3) is 0.688. The third kappa shape index (κ3) is 2.71. The molecule has 0 unspecified atom stereocenters. The van der Waals surface area contributed by atoms with Gasteiger partial charge in [-0.05, 0) is 39.5 Å². The lowest BCUT2D eigenvalue weighted by atomic mass is 10.1. The Morgan fingerprint density at radius 3 is 2.31 bits per heavy atom. The molecule has 4 rings (SSSR count). The van der Waals surface area contributed by atoms with Crippen molar-refractivity contribution in [3.05, 3.63) is 27.8 Å². The van der Waals surface area contributed by atoms with E-state index in [2.05, 4.69) is 10.3 Å². The van der Waals surface area contributed by atoms with E-state index in [1.54, 1.807) is 25.5 Å². The molecule has 0 atom stereocenters. The molecule has 2 fully saturated rings. The lowest BCUT2D eigenvalue weighted by Gasteiger charge is -2.31. The van der Waals surface area contributed by atoms with E-state index in [1.165, 1.54) is 8.99 Å². The molecule has 10 heteroatoms. The number of rotatable bonds is 4. The van der Waals surface area contributed by atoms with Gasteiger partial charge in [-0.3, -0.25) is 4.57 Å². The van der Waals surface area contributed by atoms with E-state index in [0.29, 0.717) is 43.3 Å². The average Bonchev–Trinajstić information content (AvgIpc) is 3.33. The Morgan fingerprint density at radius 2 is 1.77 bits per heavy atom. The summed E-state index contributed by atoms with van der Waals surface area (Å²) < 4.78 is 35.5. The Balaban J connectivity index is 1.56. The standard InChI is InChI=1S/C16H23N5O4S/c1-10-14(11(2)25-18-10)26(23,24)20-8-6-13(7-9-20)21-15(12-4-5-12)17-19(3)16(21)22/h12-13H,4-9H2,1-3H3. The van der Waals surface area contributed by atoms with Crippen LogP contribution in [-0.4, -0.2) is 45.3 Å². The second-order valence-electron chi connectivity index (χ2n) is 7.20. The minimum absolute atomic E-state index is 0.0112. The average molecular weight is 381 g/mol. The van der Waals surface area contributed by atoms with Crippen molar-refractivity contribution in [2.24, 2.45) is 7.05 Å². The van der Waals surface area contributed by atoms with Crippen molar-refractivity contribution in [2.75, 3.05) is 13.1 Å². The summed E-state index contributed by atoms with van der Waals surface area (Å²) in [5, 5.41) is 8.15. The number of hydrogen-bond acceptors (Lipinski definition) is 6. The molecule has 1 saturated carbocycles. The highest BCUT2D eigenvalue weighted by Crippen LogP contribution is 2.40. The van der Waals surface area contributed by atoms with E-state index < -0.39 is 10.0 Å². The van der Waals surface area contributed by atoms with E-state index in [1.807, 2.05) is 0 Å². The summed E-state index contributed by atoms with van der Waals surface area (Å²) in [6.07, 6.45) is 3.31. The van der Waals surface area contributed by atoms with Crippen LogP contribution < -0.4 is 5.69 Å². The predicted octanol–water partition coefficient (Wildman–Crippen LogP) is 1.09. The fourth-order valence-corrected chi connectivity index (χ4v) is 5.54. The summed E-state index contributed by atoms with van der Waals surface area (Å²) >= 11 is 0. The van der Waals surface area contributed by atoms with E-state index in [0.717, 1.165) is 18.7 Å². The molecule has 0 spiro atoms. The van der Waals surface area contributed by atoms with Crippen molar-refractivity contribution < 1.29 is 12.9 Å². The van der Waals surface area contributed by atoms with Gasteiger partial charge in [-0.1, -0.05) is 5.16 Å². The second kappa shape index (κ2) is 6.05. The fourth-order valence-electron chi connectivity index (χ4n) is 3.77. The smallest absolute Gasteiger partial charge is 0.345 e. The van der Waals surface area contributed by atoms with Crippen molar-refractivity contribution in [3.8, 4) is 0 Å². The first kappa shape index (κ1) is 17.5. The quantitative estimate of drug-likeness (QED) is 0.785. The number of aryl methyl sites for hydroxylation is 3. The topological polar surface area (TPSA) is 103 Å². The predicted molar refractivity (Wildman–Crippen MR) is 92.4 cm³/mol. The molecule has 3 heterocycles. The van der Waals surface area contributed by atoms with Gasteiger partial charge >= 0.3 is 5.69 Å². The highest BCUT2D eigenvalue weighted by molar-refractivity contribution is 7.89. The molecule has 9 nitrogen and oxygen atoms in total. The number of sulfonamides is 1. The van der Waals surface area contributed by atoms with Crippen LogP contribution in [0.2, 0.25) is 0 Å². The lowest BCUT2D eigenvalue weighted by Crippen LogP contribution is -2.41. The zero-order chi connectivity index (χ0) is 18.6. The molecule has 26 heavy (non-hydrogen) atoms. The third-order valence-electron chi connectivity index (χ3n) is 5.28. The second-order valence-corrected chi connectivity index (χ2v) is 9.07. The number of aromatic nitrogens is 4. The van der Waals surface area contributed by atoms with Crippen molar-refractivity contribution in [2.45, 2.75) is 56.4 Å². The molecule has 1 aliphatic heterocycles. The maximum atomic E-state index is 12.9. The minimum Gasteiger partial charge on any atom is -0.360 e. The van der Waals surface area contributed by atoms with E-state index in [4.69, 9.17) is 4.52 Å². The number of piperidine rings is 1. The Bertz CT molecular complexity index is 971. The molecule has 0 bridgehead atoms. The van der Waals surface area contributed by atoms with Crippen molar-refractivity contribution in [1.29, 1.82) is 0 Å². The molecule has 142 valence electrons. The van der Waals surface area contributed by atoms with Gasteiger partial charge in [0.15, 0.2) is 5.76 Å². The molecular formula is C16H23N5O4S. The van der Waals surface area contributed by atoms with Gasteiger partial charge in [0, 0.05) is 32.1 Å². The van der Waals surface area contributed by atoms with Gasteiger partial charge in [0.25, 0.3) is 0 Å². The van der Waals surface area contributed by atoms with Crippen LogP contribution >= 0.6 is 0 Å². The van der Waals surface area contributed by atoms with E-state index in [-0.39, 0.29) is 16.6 Å². The first-order valence-corrected chi connectivity index (χ1v) is 10.3. The van der Waals surface area contributed by atoms with Gasteiger partial charge in [0.2, 0.25) is 10.0 Å². The van der Waals surface area contributed by atoms with Crippen molar-refractivity contribution >= 4 is 10.0 Å². The van der Waals surface area contributed by atoms with Gasteiger partial charge < -0.3 is 4.52 Å². The van der Waals surface area contributed by atoms with Crippen LogP contribution in [0.3, 0.4) is 0 Å². The zero-order valence-corrected chi connectivity index (χ0v) is 16.0. The first-order valence-electron chi connectivity index (χ1n) is 8.89. The van der Waals surface area contributed by atoms with Gasteiger partial charge in [-0.15, -0.1) is 0 Å². The SMILES string of the molecule is Cc1noc(C)c1S(=O)(=O)N1CCC(n2c(C3CC3)nn(C)c2=O)CC1. The molecule has 1 saturated heterocycles. The van der Waals surface area contributed by atoms with Gasteiger partial charge in [0.1, 0.15) is 16.4 Å². The normalized spacial score (nSPS) is 20.0. The summed E-state index contributed by atoms with van der Waals surface area (Å²) in [7, 11) is -1.97. The van der Waals surface area contributed by atoms with Crippen LogP contribution in [0.5, 0.6) is 0 Å². The highest BCUT2D eigenvalue weighted by atomic mass is 32.2. The Morgan fingerprint density at radius 1 is 1.12 bits per heavy atom. The molecule has 0 N–H and O–H groups in total. The van der Waals surface area contributed by atoms with Crippen LogP contribution in [0, 0.1) is 13.8 Å². The van der Waals surface area contributed by atoms with Gasteiger partial charge in [-0.2, -0.15) is 9.40 Å². The number of hydrogen-bond donors (Lipinski definition) is 0. The third-order valence-corrected chi connectivity index (χ3v) is 7.42. The van der Waals surface area contributed by atoms with Crippen LogP contribution in [0.15, 0.2) is 14.2 Å². The Labute approximate surface area is 151 Å². The van der Waals surface area contributed by atoms with Crippen molar-refractivity contribution in [3.63, 3.8) is 0 Å². The Kier molecular flexibility index (Phi) is 4.07. The lowest BCUT2D eigenvalue weighted by molar-refractivity contribution is 0.266. The van der Waals surface area contributed by atoms with E-state index in [9.17, 15) is 13.2 Å². The van der Waals surface area contributed by atoms with Gasteiger partial charge in [-0.25, -0.2) is 17.9 Å². The highest BCUT2D eigenvalue weighted by Gasteiger charge is 2.37. The Hall–Kier alpha value is -1.94. The van der Waals surface area contributed by atoms with Crippen LogP contribution in [0.1, 0.15) is 54.9 Å². The summed E-state index contributed by atoms with van der Waals surface area (Å²) in [5.41, 5.74) is 0.267. The van der Waals surface area contributed by atoms with Crippen LogP contribution in [-0.2, 0) is 17.1 Å². The molecule has 2 aliphatic rings. The van der Waals surface area contributed by atoms with Crippen LogP contribution in [0.4, 0.5) is 0 Å². The maximum Gasteiger partial charge on any atom is 0.345 e. The summed E-state index contributed by atoms with van der Waals surface area (Å²) in [6.45, 7) is 3.97. The molecule has 0 amide bonds. The van der Waals surface area contributed by atoms with Crippen molar-refractivity contribution in [1.82, 2.24) is 23.8 Å².